The number of carbonyl (C=O) groups is 1. The van der Waals surface area contributed by atoms with E-state index in [-0.39, 0.29) is 28.3 Å². The molecule has 0 radical (unpaired) electrons. The van der Waals surface area contributed by atoms with Gasteiger partial charge >= 0.3 is 5.97 Å². The van der Waals surface area contributed by atoms with E-state index in [0.29, 0.717) is 10.7 Å². The zero-order chi connectivity index (χ0) is 23.2. The van der Waals surface area contributed by atoms with Gasteiger partial charge in [0.1, 0.15) is 0 Å². The van der Waals surface area contributed by atoms with Crippen molar-refractivity contribution in [1.29, 1.82) is 0 Å². The number of fused-ring (bicyclic) bond motifs is 3. The predicted molar refractivity (Wildman–Crippen MR) is 128 cm³/mol. The number of rotatable bonds is 5. The zero-order valence-electron chi connectivity index (χ0n) is 17.4. The molecule has 1 aliphatic heterocycles. The fourth-order valence-corrected chi connectivity index (χ4v) is 5.94. The molecular formula is C25H21ClN2O4S. The first-order chi connectivity index (χ1) is 15.8. The Labute approximate surface area is 197 Å². The molecule has 6 nitrogen and oxygen atoms in total. The molecule has 0 bridgehead atoms. The van der Waals surface area contributed by atoms with E-state index < -0.39 is 16.0 Å². The Balaban J connectivity index is 1.47. The molecule has 33 heavy (non-hydrogen) atoms. The topological polar surface area (TPSA) is 95.5 Å². The monoisotopic (exact) mass is 480 g/mol. The normalized spacial score (nSPS) is 21.1. The highest BCUT2D eigenvalue weighted by atomic mass is 35.5. The number of benzene rings is 3. The van der Waals surface area contributed by atoms with Gasteiger partial charge in [0.15, 0.2) is 0 Å². The number of hydrogen-bond acceptors (Lipinski definition) is 4. The molecule has 3 aromatic rings. The average Bonchev–Trinajstić information content (AvgIpc) is 3.28. The fraction of sp³-hybridized carbons (Fsp3) is 0.160. The molecule has 0 fully saturated rings. The van der Waals surface area contributed by atoms with Gasteiger partial charge in [-0.25, -0.2) is 13.2 Å². The van der Waals surface area contributed by atoms with Gasteiger partial charge in [-0.15, -0.1) is 0 Å². The van der Waals surface area contributed by atoms with Gasteiger partial charge < -0.3 is 10.4 Å². The fourth-order valence-electron chi connectivity index (χ4n) is 4.67. The summed E-state index contributed by atoms with van der Waals surface area (Å²) < 4.78 is 28.6. The van der Waals surface area contributed by atoms with Crippen molar-refractivity contribution in [2.24, 2.45) is 5.92 Å². The maximum Gasteiger partial charge on any atom is 0.335 e. The second kappa shape index (κ2) is 8.24. The predicted octanol–water partition coefficient (Wildman–Crippen LogP) is 5.67. The van der Waals surface area contributed by atoms with Crippen molar-refractivity contribution in [2.45, 2.75) is 23.3 Å². The van der Waals surface area contributed by atoms with E-state index in [9.17, 15) is 18.3 Å². The first kappa shape index (κ1) is 21.6. The molecule has 0 aromatic heterocycles. The van der Waals surface area contributed by atoms with Gasteiger partial charge in [0.25, 0.3) is 10.0 Å². The summed E-state index contributed by atoms with van der Waals surface area (Å²) in [5, 5.41) is 13.2. The van der Waals surface area contributed by atoms with Crippen LogP contribution in [0.2, 0.25) is 5.02 Å². The smallest absolute Gasteiger partial charge is 0.335 e. The molecule has 0 spiro atoms. The second-order valence-corrected chi connectivity index (χ2v) is 10.4. The lowest BCUT2D eigenvalue weighted by Gasteiger charge is -2.37. The van der Waals surface area contributed by atoms with E-state index in [4.69, 9.17) is 11.6 Å². The summed E-state index contributed by atoms with van der Waals surface area (Å²) in [6.07, 6.45) is 5.10. The summed E-state index contributed by atoms with van der Waals surface area (Å²) >= 11 is 5.98. The molecule has 0 saturated carbocycles. The molecule has 0 saturated heterocycles. The van der Waals surface area contributed by atoms with E-state index in [1.54, 1.807) is 54.6 Å². The van der Waals surface area contributed by atoms with Crippen molar-refractivity contribution in [1.82, 2.24) is 0 Å². The van der Waals surface area contributed by atoms with Crippen LogP contribution in [0.4, 0.5) is 11.4 Å². The van der Waals surface area contributed by atoms with Crippen molar-refractivity contribution in [3.05, 3.63) is 101 Å². The summed E-state index contributed by atoms with van der Waals surface area (Å²) in [4.78, 5) is 11.4. The molecule has 0 amide bonds. The minimum atomic E-state index is -3.79. The first-order valence-corrected chi connectivity index (χ1v) is 12.4. The van der Waals surface area contributed by atoms with Gasteiger partial charge in [-0.1, -0.05) is 42.0 Å². The lowest BCUT2D eigenvalue weighted by Crippen LogP contribution is -2.29. The Hall–Kier alpha value is -3.29. The minimum absolute atomic E-state index is 0.00705. The minimum Gasteiger partial charge on any atom is -0.478 e. The van der Waals surface area contributed by atoms with Crippen LogP contribution in [-0.4, -0.2) is 19.5 Å². The molecule has 1 heterocycles. The Kier molecular flexibility index (Phi) is 5.38. The van der Waals surface area contributed by atoms with E-state index in [2.05, 4.69) is 22.2 Å². The summed E-state index contributed by atoms with van der Waals surface area (Å²) in [5.74, 6) is -0.692. The number of anilines is 2. The van der Waals surface area contributed by atoms with Crippen LogP contribution in [0.3, 0.4) is 0 Å². The maximum atomic E-state index is 13.0. The Morgan fingerprint density at radius 1 is 1.06 bits per heavy atom. The van der Waals surface area contributed by atoms with Crippen LogP contribution >= 0.6 is 11.6 Å². The second-order valence-electron chi connectivity index (χ2n) is 8.27. The summed E-state index contributed by atoms with van der Waals surface area (Å²) in [5.41, 5.74) is 3.46. The highest BCUT2D eigenvalue weighted by molar-refractivity contribution is 7.92. The molecule has 0 unspecified atom stereocenters. The molecule has 3 atom stereocenters. The van der Waals surface area contributed by atoms with Crippen molar-refractivity contribution in [3.63, 3.8) is 0 Å². The van der Waals surface area contributed by atoms with Crippen molar-refractivity contribution < 1.29 is 18.3 Å². The largest absolute Gasteiger partial charge is 0.478 e. The van der Waals surface area contributed by atoms with Crippen LogP contribution in [-0.2, 0) is 10.0 Å². The van der Waals surface area contributed by atoms with E-state index in [1.165, 1.54) is 0 Å². The third-order valence-electron chi connectivity index (χ3n) is 6.24. The molecule has 5 rings (SSSR count). The standard InChI is InChI=1S/C25H21ClN2O4S/c26-17-3-1-4-18(13-17)28-33(31,32)19-11-12-23-22(14-19)20-5-2-6-21(20)24(27-23)15-7-9-16(10-8-15)25(29)30/h1-5,7-14,20-21,24,27-28H,6H2,(H,29,30)/t20-,21+,24+/m0/s1. The zero-order valence-corrected chi connectivity index (χ0v) is 19.0. The van der Waals surface area contributed by atoms with Gasteiger partial charge in [0.2, 0.25) is 0 Å². The summed E-state index contributed by atoms with van der Waals surface area (Å²) in [6.45, 7) is 0. The number of nitrogens with one attached hydrogen (secondary N) is 2. The SMILES string of the molecule is O=C(O)c1ccc([C@H]2Nc3ccc(S(=O)(=O)Nc4cccc(Cl)c4)cc3[C@H]3C=CC[C@H]32)cc1. The lowest BCUT2D eigenvalue weighted by atomic mass is 9.77. The lowest BCUT2D eigenvalue weighted by molar-refractivity contribution is 0.0697. The van der Waals surface area contributed by atoms with Gasteiger partial charge in [-0.3, -0.25) is 4.72 Å². The number of allylic oxidation sites excluding steroid dienone is 2. The van der Waals surface area contributed by atoms with Gasteiger partial charge in [-0.05, 0) is 72.0 Å². The molecule has 2 aliphatic rings. The van der Waals surface area contributed by atoms with E-state index in [0.717, 1.165) is 23.2 Å². The molecule has 168 valence electrons. The summed E-state index contributed by atoms with van der Waals surface area (Å²) in [7, 11) is -3.79. The van der Waals surface area contributed by atoms with Crippen LogP contribution in [0.5, 0.6) is 0 Å². The quantitative estimate of drug-likeness (QED) is 0.409. The van der Waals surface area contributed by atoms with Crippen LogP contribution in [0, 0.1) is 5.92 Å². The highest BCUT2D eigenvalue weighted by Gasteiger charge is 2.38. The third kappa shape index (κ3) is 4.10. The molecular weight excluding hydrogens is 460 g/mol. The van der Waals surface area contributed by atoms with Gasteiger partial charge in [0.05, 0.1) is 22.2 Å². The van der Waals surface area contributed by atoms with Crippen molar-refractivity contribution in [2.75, 3.05) is 10.0 Å². The van der Waals surface area contributed by atoms with Crippen LogP contribution in [0.15, 0.2) is 83.8 Å². The Morgan fingerprint density at radius 3 is 2.58 bits per heavy atom. The van der Waals surface area contributed by atoms with E-state index >= 15 is 0 Å². The maximum absolute atomic E-state index is 13.0. The van der Waals surface area contributed by atoms with Gasteiger partial charge in [0, 0.05) is 16.6 Å². The summed E-state index contributed by atoms with van der Waals surface area (Å²) in [6, 6.07) is 18.6. The van der Waals surface area contributed by atoms with E-state index in [1.807, 2.05) is 12.1 Å². The van der Waals surface area contributed by atoms with Crippen molar-refractivity contribution in [3.8, 4) is 0 Å². The van der Waals surface area contributed by atoms with Crippen LogP contribution in [0.25, 0.3) is 0 Å². The number of sulfonamides is 1. The Bertz CT molecular complexity index is 1370. The number of carboxylic acids is 1. The average molecular weight is 481 g/mol. The third-order valence-corrected chi connectivity index (χ3v) is 7.85. The molecule has 1 aliphatic carbocycles. The number of hydrogen-bond donors (Lipinski definition) is 3. The van der Waals surface area contributed by atoms with Crippen LogP contribution in [0.1, 0.15) is 39.9 Å². The number of aromatic carboxylic acids is 1. The Morgan fingerprint density at radius 2 is 1.85 bits per heavy atom. The van der Waals surface area contributed by atoms with Crippen LogP contribution < -0.4 is 10.0 Å². The molecule has 8 heteroatoms. The molecule has 3 aromatic carbocycles. The highest BCUT2D eigenvalue weighted by Crippen LogP contribution is 2.50. The van der Waals surface area contributed by atoms with Gasteiger partial charge in [-0.2, -0.15) is 0 Å². The first-order valence-electron chi connectivity index (χ1n) is 10.5. The number of carboxylic acid groups (broad SMARTS) is 1. The molecule has 3 N–H and O–H groups in total. The number of halogens is 1. The van der Waals surface area contributed by atoms with Crippen molar-refractivity contribution >= 4 is 39.0 Å².